The highest BCUT2D eigenvalue weighted by molar-refractivity contribution is 5.99. The van der Waals surface area contributed by atoms with Crippen LogP contribution in [0.4, 0.5) is 21.7 Å². The van der Waals surface area contributed by atoms with Gasteiger partial charge in [0.2, 0.25) is 0 Å². The third kappa shape index (κ3) is 5.46. The molecule has 0 bridgehead atoms. The maximum absolute atomic E-state index is 14.2. The predicted molar refractivity (Wildman–Crippen MR) is 117 cm³/mol. The summed E-state index contributed by atoms with van der Waals surface area (Å²) in [5, 5.41) is 23.0. The van der Waals surface area contributed by atoms with Gasteiger partial charge in [0.1, 0.15) is 17.8 Å². The first-order chi connectivity index (χ1) is 14.7. The summed E-state index contributed by atoms with van der Waals surface area (Å²) in [6, 6.07) is 5.30. The summed E-state index contributed by atoms with van der Waals surface area (Å²) >= 11 is 0. The minimum atomic E-state index is -1.58. The molecule has 1 amide bonds. The first-order valence-corrected chi connectivity index (χ1v) is 10.2. The first-order valence-electron chi connectivity index (χ1n) is 10.2. The van der Waals surface area contributed by atoms with E-state index in [1.54, 1.807) is 42.0 Å². The second-order valence-electron chi connectivity index (χ2n) is 7.87. The molecule has 0 spiro atoms. The first kappa shape index (κ1) is 22.4. The maximum atomic E-state index is 14.2. The van der Waals surface area contributed by atoms with Crippen LogP contribution < -0.4 is 16.0 Å². The molecule has 2 unspecified atom stereocenters. The summed E-state index contributed by atoms with van der Waals surface area (Å²) in [5.74, 6) is 0.596. The lowest BCUT2D eigenvalue weighted by atomic mass is 9.97. The Balaban J connectivity index is 1.78. The van der Waals surface area contributed by atoms with Gasteiger partial charge in [-0.2, -0.15) is 5.10 Å². The summed E-state index contributed by atoms with van der Waals surface area (Å²) < 4.78 is 15.9. The number of fused-ring (bicyclic) bond motifs is 1. The molecule has 9 nitrogen and oxygen atoms in total. The lowest BCUT2D eigenvalue weighted by Gasteiger charge is -2.26. The van der Waals surface area contributed by atoms with E-state index in [9.17, 15) is 14.3 Å². The lowest BCUT2D eigenvalue weighted by Crippen LogP contribution is -2.43. The van der Waals surface area contributed by atoms with E-state index in [1.807, 2.05) is 13.8 Å². The highest BCUT2D eigenvalue weighted by Crippen LogP contribution is 2.23. The van der Waals surface area contributed by atoms with E-state index in [4.69, 9.17) is 0 Å². The molecule has 0 fully saturated rings. The van der Waals surface area contributed by atoms with E-state index < -0.39 is 17.7 Å². The van der Waals surface area contributed by atoms with Crippen molar-refractivity contribution in [3.05, 3.63) is 42.4 Å². The van der Waals surface area contributed by atoms with Crippen molar-refractivity contribution in [3.8, 4) is 0 Å². The molecule has 10 heteroatoms. The number of amides is 1. The van der Waals surface area contributed by atoms with Crippen LogP contribution >= 0.6 is 0 Å². The number of nitrogens with zero attached hydrogens (tertiary/aromatic N) is 4. The number of aromatic nitrogens is 4. The molecule has 0 saturated heterocycles. The molecule has 3 heterocycles. The molecular weight excluding hydrogens is 401 g/mol. The Kier molecular flexibility index (Phi) is 6.69. The molecule has 0 aromatic carbocycles. The third-order valence-electron chi connectivity index (χ3n) is 4.94. The van der Waals surface area contributed by atoms with Crippen LogP contribution in [0.25, 0.3) is 5.65 Å². The van der Waals surface area contributed by atoms with Gasteiger partial charge in [-0.25, -0.2) is 18.9 Å². The molecule has 3 aromatic heterocycles. The highest BCUT2D eigenvalue weighted by Gasteiger charge is 2.30. The zero-order valence-corrected chi connectivity index (χ0v) is 18.1. The van der Waals surface area contributed by atoms with Crippen LogP contribution in [-0.2, 0) is 0 Å². The molecule has 4 N–H and O–H groups in total. The van der Waals surface area contributed by atoms with Crippen molar-refractivity contribution in [2.45, 2.75) is 51.9 Å². The van der Waals surface area contributed by atoms with Crippen molar-refractivity contribution >= 4 is 28.9 Å². The van der Waals surface area contributed by atoms with Crippen molar-refractivity contribution in [2.24, 2.45) is 0 Å². The molecule has 31 heavy (non-hydrogen) atoms. The highest BCUT2D eigenvalue weighted by atomic mass is 19.1. The van der Waals surface area contributed by atoms with Gasteiger partial charge in [0.15, 0.2) is 5.65 Å². The van der Waals surface area contributed by atoms with Crippen molar-refractivity contribution in [3.63, 3.8) is 0 Å². The molecule has 166 valence electrons. The van der Waals surface area contributed by atoms with Gasteiger partial charge in [0, 0.05) is 30.6 Å². The molecule has 3 rings (SSSR count). The van der Waals surface area contributed by atoms with Gasteiger partial charge in [-0.1, -0.05) is 6.92 Å². The van der Waals surface area contributed by atoms with Gasteiger partial charge in [-0.15, -0.1) is 0 Å². The Hall–Kier alpha value is -3.27. The predicted octanol–water partition coefficient (Wildman–Crippen LogP) is 2.92. The number of hydrogen-bond donors (Lipinski definition) is 4. The Morgan fingerprint density at radius 1 is 1.32 bits per heavy atom. The Bertz CT molecular complexity index is 1050. The van der Waals surface area contributed by atoms with Gasteiger partial charge in [0.25, 0.3) is 5.91 Å². The quantitative estimate of drug-likeness (QED) is 0.413. The van der Waals surface area contributed by atoms with Crippen LogP contribution in [0.2, 0.25) is 0 Å². The van der Waals surface area contributed by atoms with Crippen LogP contribution in [0.3, 0.4) is 0 Å². The second-order valence-corrected chi connectivity index (χ2v) is 7.87. The van der Waals surface area contributed by atoms with Crippen molar-refractivity contribution < 1.29 is 14.3 Å². The number of alkyl halides is 1. The molecule has 0 aliphatic carbocycles. The zero-order valence-electron chi connectivity index (χ0n) is 18.1. The van der Waals surface area contributed by atoms with Gasteiger partial charge in [0.05, 0.1) is 29.6 Å². The number of carbonyl (C=O) groups excluding carboxylic acids is 1. The Morgan fingerprint density at radius 2 is 2.10 bits per heavy atom. The van der Waals surface area contributed by atoms with E-state index in [2.05, 4.69) is 31.0 Å². The van der Waals surface area contributed by atoms with Crippen molar-refractivity contribution in [2.75, 3.05) is 17.2 Å². The molecule has 2 atom stereocenters. The average Bonchev–Trinajstić information content (AvgIpc) is 3.19. The summed E-state index contributed by atoms with van der Waals surface area (Å²) in [7, 11) is 0. The van der Waals surface area contributed by atoms with Gasteiger partial charge in [-0.05, 0) is 33.3 Å². The Morgan fingerprint density at radius 3 is 2.81 bits per heavy atom. The number of anilines is 3. The lowest BCUT2D eigenvalue weighted by molar-refractivity contribution is -0.0209. The number of pyridine rings is 1. The van der Waals surface area contributed by atoms with Crippen molar-refractivity contribution in [1.29, 1.82) is 0 Å². The van der Waals surface area contributed by atoms with E-state index in [0.29, 0.717) is 23.0 Å². The number of carbonyl (C=O) groups is 1. The number of aliphatic hydroxyl groups is 1. The topological polar surface area (TPSA) is 116 Å². The maximum Gasteiger partial charge on any atom is 0.255 e. The molecule has 0 aliphatic heterocycles. The SMILES string of the molecule is CCC(C)(O)C(F)CNC(=O)c1cnc(Nc2ccn3nccc3n2)cc1NC(C)C. The van der Waals surface area contributed by atoms with E-state index in [1.165, 1.54) is 13.1 Å². The number of nitrogens with one attached hydrogen (secondary N) is 3. The van der Waals surface area contributed by atoms with E-state index >= 15 is 0 Å². The molecule has 0 saturated carbocycles. The zero-order chi connectivity index (χ0) is 22.6. The largest absolute Gasteiger partial charge is 0.387 e. The number of rotatable bonds is 9. The summed E-state index contributed by atoms with van der Waals surface area (Å²) in [6.07, 6.45) is 3.51. The molecular formula is C21H28FN7O2. The number of hydrogen-bond acceptors (Lipinski definition) is 7. The smallest absolute Gasteiger partial charge is 0.255 e. The van der Waals surface area contributed by atoms with E-state index in [-0.39, 0.29) is 24.6 Å². The fourth-order valence-electron chi connectivity index (χ4n) is 2.87. The van der Waals surface area contributed by atoms with Crippen LogP contribution in [0, 0.1) is 0 Å². The molecule has 0 radical (unpaired) electrons. The number of halogens is 1. The average molecular weight is 430 g/mol. The summed E-state index contributed by atoms with van der Waals surface area (Å²) in [5.41, 5.74) is 0.0159. The van der Waals surface area contributed by atoms with Gasteiger partial charge in [-0.3, -0.25) is 4.79 Å². The van der Waals surface area contributed by atoms with Crippen LogP contribution in [0.5, 0.6) is 0 Å². The normalized spacial score (nSPS) is 14.3. The molecule has 0 aliphatic rings. The second kappa shape index (κ2) is 9.25. The van der Waals surface area contributed by atoms with Crippen LogP contribution in [0.15, 0.2) is 36.8 Å². The van der Waals surface area contributed by atoms with Gasteiger partial charge >= 0.3 is 0 Å². The standard InChI is InChI=1S/C21H28FN7O2/c1-5-21(4,31)16(22)12-24-20(30)14-11-23-18(10-15(14)26-13(2)3)27-17-7-9-29-19(28-17)6-8-25-29/h6-11,13,16,31H,5,12H2,1-4H3,(H,24,30)(H2,23,26,27,28). The van der Waals surface area contributed by atoms with Crippen LogP contribution in [0.1, 0.15) is 44.5 Å². The van der Waals surface area contributed by atoms with Crippen molar-refractivity contribution in [1.82, 2.24) is 24.9 Å². The van der Waals surface area contributed by atoms with Crippen LogP contribution in [-0.4, -0.2) is 55.0 Å². The fourth-order valence-corrected chi connectivity index (χ4v) is 2.87. The third-order valence-corrected chi connectivity index (χ3v) is 4.94. The molecule has 3 aromatic rings. The minimum Gasteiger partial charge on any atom is -0.387 e. The summed E-state index contributed by atoms with van der Waals surface area (Å²) in [4.78, 5) is 21.4. The monoisotopic (exact) mass is 429 g/mol. The summed E-state index contributed by atoms with van der Waals surface area (Å²) in [6.45, 7) is 6.69. The fraction of sp³-hybridized carbons (Fsp3) is 0.429. The van der Waals surface area contributed by atoms with E-state index in [0.717, 1.165) is 0 Å². The Labute approximate surface area is 180 Å². The minimum absolute atomic E-state index is 0.0535. The van der Waals surface area contributed by atoms with Gasteiger partial charge < -0.3 is 21.1 Å².